The van der Waals surface area contributed by atoms with Crippen molar-refractivity contribution in [1.82, 2.24) is 4.98 Å². The van der Waals surface area contributed by atoms with E-state index in [0.29, 0.717) is 38.5 Å². The van der Waals surface area contributed by atoms with Crippen LogP contribution in [0.1, 0.15) is 122 Å². The predicted molar refractivity (Wildman–Crippen MR) is 271 cm³/mol. The van der Waals surface area contributed by atoms with Gasteiger partial charge in [0, 0.05) is 52.6 Å². The second kappa shape index (κ2) is 22.6. The SMILES string of the molecule is COC1CC(OC2CCC3(C)C(CCC4(O)C3CC(OC(=O)C=Cc3ccccc3)C3(C)C(O)(C(C)OC(=O)c5cccnc5)CCC43O)C2)OC(C)C1OC1CC(OC)C(OC2OC(C)C(O)C(OC)C2O)C(C)O1. The van der Waals surface area contributed by atoms with E-state index in [0.717, 1.165) is 5.56 Å². The number of aliphatic hydroxyl groups is 5. The van der Waals surface area contributed by atoms with Gasteiger partial charge in [0.1, 0.15) is 53.9 Å². The molecular weight excluding hydrogens is 987 g/mol. The third kappa shape index (κ3) is 10.1. The van der Waals surface area contributed by atoms with Crippen molar-refractivity contribution in [3.8, 4) is 0 Å². The number of benzene rings is 1. The molecule has 0 bridgehead atoms. The Morgan fingerprint density at radius 1 is 0.737 bits per heavy atom. The first-order valence-corrected chi connectivity index (χ1v) is 27.2. The van der Waals surface area contributed by atoms with Gasteiger partial charge < -0.3 is 77.6 Å². The van der Waals surface area contributed by atoms with Crippen LogP contribution in [0.15, 0.2) is 60.9 Å². The Hall–Kier alpha value is -3.51. The number of aliphatic hydroxyl groups excluding tert-OH is 2. The number of carbonyl (C=O) groups excluding carboxylic acids is 2. The average molecular weight is 1070 g/mol. The zero-order valence-corrected chi connectivity index (χ0v) is 45.3. The van der Waals surface area contributed by atoms with Gasteiger partial charge in [0.2, 0.25) is 0 Å². The number of pyridine rings is 1. The molecule has 7 aliphatic rings. The number of nitrogens with zero attached hydrogens (tertiary/aromatic N) is 1. The minimum absolute atomic E-state index is 0.0269. The van der Waals surface area contributed by atoms with Crippen molar-refractivity contribution in [2.45, 2.75) is 221 Å². The Bertz CT molecular complexity index is 2330. The van der Waals surface area contributed by atoms with Crippen LogP contribution in [0.3, 0.4) is 0 Å². The molecule has 23 atom stereocenters. The standard InChI is InChI=1S/C57H81NO18/c1-31-46(60)50(68-9)47(61)52(71-31)76-49-33(3)70-45(28-40(49)67-8)75-48-32(2)69-44(27-39(48)66-7)73-38-20-21-53(5)37(26-38)19-22-56(64)41(53)29-42(74-43(59)18-17-35-14-11-10-12-15-35)54(6)55(63,23-24-57(54,56)65)34(4)72-51(62)36-16-13-25-58-30-36/h10-18,25,30-34,37-42,44-50,52,60-61,63-65H,19-24,26-29H2,1-9H3. The van der Waals surface area contributed by atoms with Crippen molar-refractivity contribution >= 4 is 18.0 Å². The fraction of sp³-hybridized carbons (Fsp3) is 0.737. The average Bonchev–Trinajstić information content (AvgIpc) is 3.25. The number of fused-ring (bicyclic) bond motifs is 5. The molecule has 422 valence electrons. The molecule has 19 heteroatoms. The van der Waals surface area contributed by atoms with E-state index in [1.54, 1.807) is 53.2 Å². The first-order chi connectivity index (χ1) is 36.1. The lowest BCUT2D eigenvalue weighted by Gasteiger charge is -2.69. The van der Waals surface area contributed by atoms with Gasteiger partial charge in [-0.3, -0.25) is 4.98 Å². The molecule has 9 rings (SSSR count). The minimum Gasteiger partial charge on any atom is -0.458 e. The van der Waals surface area contributed by atoms with Crippen molar-refractivity contribution in [2.75, 3.05) is 21.3 Å². The van der Waals surface area contributed by atoms with Gasteiger partial charge in [-0.2, -0.15) is 0 Å². The van der Waals surface area contributed by atoms with Crippen molar-refractivity contribution < 1.29 is 87.2 Å². The van der Waals surface area contributed by atoms with E-state index in [9.17, 15) is 35.1 Å². The summed E-state index contributed by atoms with van der Waals surface area (Å²) in [5.41, 5.74) is -6.85. The lowest BCUT2D eigenvalue weighted by Crippen LogP contribution is -2.79. The van der Waals surface area contributed by atoms with Gasteiger partial charge in [0.05, 0.1) is 53.2 Å². The van der Waals surface area contributed by atoms with Crippen LogP contribution in [-0.2, 0) is 56.9 Å². The molecule has 23 unspecified atom stereocenters. The van der Waals surface area contributed by atoms with Crippen LogP contribution < -0.4 is 0 Å². The zero-order valence-electron chi connectivity index (χ0n) is 45.3. The van der Waals surface area contributed by atoms with E-state index >= 15 is 0 Å². The number of hydrogen-bond donors (Lipinski definition) is 5. The van der Waals surface area contributed by atoms with Crippen LogP contribution in [0, 0.1) is 22.7 Å². The van der Waals surface area contributed by atoms with Crippen molar-refractivity contribution in [1.29, 1.82) is 0 Å². The van der Waals surface area contributed by atoms with E-state index in [-0.39, 0.29) is 43.3 Å². The number of hydrogen-bond acceptors (Lipinski definition) is 19. The van der Waals surface area contributed by atoms with E-state index in [1.165, 1.54) is 25.6 Å². The largest absolute Gasteiger partial charge is 0.458 e. The topological polar surface area (TPSA) is 250 Å². The zero-order chi connectivity index (χ0) is 54.5. The molecule has 4 saturated carbocycles. The van der Waals surface area contributed by atoms with Crippen LogP contribution in [-0.4, -0.2) is 179 Å². The van der Waals surface area contributed by atoms with Crippen LogP contribution in [0.4, 0.5) is 0 Å². The maximum Gasteiger partial charge on any atom is 0.340 e. The van der Waals surface area contributed by atoms with E-state index in [2.05, 4.69) is 11.9 Å². The summed E-state index contributed by atoms with van der Waals surface area (Å²) >= 11 is 0. The maximum absolute atomic E-state index is 13.9. The molecule has 0 radical (unpaired) electrons. The van der Waals surface area contributed by atoms with Gasteiger partial charge in [-0.15, -0.1) is 0 Å². The number of ether oxygens (including phenoxy) is 11. The van der Waals surface area contributed by atoms with E-state index in [1.807, 2.05) is 44.2 Å². The normalized spacial score (nSPS) is 45.8. The second-order valence-electron chi connectivity index (χ2n) is 23.1. The first-order valence-electron chi connectivity index (χ1n) is 27.2. The molecule has 76 heavy (non-hydrogen) atoms. The highest BCUT2D eigenvalue weighted by atomic mass is 16.8. The molecule has 4 aliphatic carbocycles. The number of aromatic nitrogens is 1. The summed E-state index contributed by atoms with van der Waals surface area (Å²) < 4.78 is 68.1. The minimum atomic E-state index is -1.96. The highest BCUT2D eigenvalue weighted by molar-refractivity contribution is 5.89. The lowest BCUT2D eigenvalue weighted by atomic mass is 9.40. The Morgan fingerprint density at radius 2 is 1.41 bits per heavy atom. The fourth-order valence-electron chi connectivity index (χ4n) is 14.9. The summed E-state index contributed by atoms with van der Waals surface area (Å²) in [6, 6.07) is 12.5. The van der Waals surface area contributed by atoms with Crippen LogP contribution in [0.25, 0.3) is 6.08 Å². The third-order valence-electron chi connectivity index (χ3n) is 19.3. The summed E-state index contributed by atoms with van der Waals surface area (Å²) in [6.07, 6.45) is -2.47. The van der Waals surface area contributed by atoms with Gasteiger partial charge in [-0.05, 0) is 120 Å². The van der Waals surface area contributed by atoms with Gasteiger partial charge in [0.25, 0.3) is 0 Å². The Morgan fingerprint density at radius 3 is 2.05 bits per heavy atom. The first kappa shape index (κ1) is 57.2. The Balaban J connectivity index is 0.869. The molecular formula is C57H81NO18. The fourth-order valence-corrected chi connectivity index (χ4v) is 14.9. The van der Waals surface area contributed by atoms with E-state index < -0.39 is 138 Å². The van der Waals surface area contributed by atoms with Crippen molar-refractivity contribution in [2.24, 2.45) is 22.7 Å². The Labute approximate surface area is 445 Å². The lowest BCUT2D eigenvalue weighted by molar-refractivity contribution is -0.353. The molecule has 4 heterocycles. The van der Waals surface area contributed by atoms with E-state index in [4.69, 9.17) is 52.1 Å². The van der Waals surface area contributed by atoms with Crippen molar-refractivity contribution in [3.05, 3.63) is 72.1 Å². The summed E-state index contributed by atoms with van der Waals surface area (Å²) in [7, 11) is 4.62. The highest BCUT2D eigenvalue weighted by Crippen LogP contribution is 2.72. The van der Waals surface area contributed by atoms with Crippen LogP contribution in [0.5, 0.6) is 0 Å². The summed E-state index contributed by atoms with van der Waals surface area (Å²) in [5, 5.41) is 61.1. The van der Waals surface area contributed by atoms with Crippen molar-refractivity contribution in [3.63, 3.8) is 0 Å². The number of carbonyl (C=O) groups is 2. The van der Waals surface area contributed by atoms with Crippen LogP contribution >= 0.6 is 0 Å². The monoisotopic (exact) mass is 1070 g/mol. The molecule has 0 amide bonds. The third-order valence-corrected chi connectivity index (χ3v) is 19.3. The second-order valence-corrected chi connectivity index (χ2v) is 23.1. The molecule has 5 N–H and O–H groups in total. The molecule has 7 fully saturated rings. The quantitative estimate of drug-likeness (QED) is 0.0913. The Kier molecular flexibility index (Phi) is 17.0. The molecule has 1 aromatic carbocycles. The summed E-state index contributed by atoms with van der Waals surface area (Å²) in [4.78, 5) is 31.4. The van der Waals surface area contributed by atoms with Gasteiger partial charge in [-0.1, -0.05) is 44.2 Å². The molecule has 1 aromatic heterocycles. The van der Waals surface area contributed by atoms with Gasteiger partial charge in [-0.25, -0.2) is 9.59 Å². The molecule has 3 aliphatic heterocycles. The number of methoxy groups -OCH3 is 3. The number of rotatable bonds is 15. The molecule has 19 nitrogen and oxygen atoms in total. The van der Waals surface area contributed by atoms with Crippen LogP contribution in [0.2, 0.25) is 0 Å². The number of esters is 2. The van der Waals surface area contributed by atoms with Gasteiger partial charge >= 0.3 is 11.9 Å². The smallest absolute Gasteiger partial charge is 0.340 e. The summed E-state index contributed by atoms with van der Waals surface area (Å²) in [6.45, 7) is 10.9. The summed E-state index contributed by atoms with van der Waals surface area (Å²) in [5.74, 6) is -1.88. The molecule has 0 spiro atoms. The highest BCUT2D eigenvalue weighted by Gasteiger charge is 2.82. The maximum atomic E-state index is 13.9. The van der Waals surface area contributed by atoms with Gasteiger partial charge in [0.15, 0.2) is 18.9 Å². The molecule has 2 aromatic rings. The molecule has 3 saturated heterocycles. The predicted octanol–water partition coefficient (Wildman–Crippen LogP) is 4.80.